The third kappa shape index (κ3) is 3.33. The number of sulfonamides is 1. The first kappa shape index (κ1) is 17.4. The fraction of sp³-hybridized carbons (Fsp3) is 0.538. The lowest BCUT2D eigenvalue weighted by molar-refractivity contribution is -0.384. The van der Waals surface area contributed by atoms with Crippen LogP contribution in [0.5, 0.6) is 0 Å². The maximum absolute atomic E-state index is 12.6. The van der Waals surface area contributed by atoms with Crippen molar-refractivity contribution in [2.24, 2.45) is 0 Å². The molecule has 1 aromatic carbocycles. The van der Waals surface area contributed by atoms with Gasteiger partial charge in [-0.15, -0.1) is 0 Å². The van der Waals surface area contributed by atoms with Gasteiger partial charge in [0.25, 0.3) is 5.69 Å². The molecular formula is C13H21N3O4S. The third-order valence-electron chi connectivity index (χ3n) is 3.81. The summed E-state index contributed by atoms with van der Waals surface area (Å²) in [5.41, 5.74) is -0.562. The van der Waals surface area contributed by atoms with Gasteiger partial charge in [-0.1, -0.05) is 6.92 Å². The summed E-state index contributed by atoms with van der Waals surface area (Å²) in [6, 6.07) is 3.86. The van der Waals surface area contributed by atoms with Crippen molar-refractivity contribution < 1.29 is 13.3 Å². The van der Waals surface area contributed by atoms with E-state index < -0.39 is 20.5 Å². The van der Waals surface area contributed by atoms with Crippen LogP contribution in [0.4, 0.5) is 11.4 Å². The minimum absolute atomic E-state index is 0.0859. The standard InChI is InChI=1S/C13H21N3O4S/c1-6-13(2,3)15(5)21(19,20)10-7-8-11(14-4)12(9-10)16(17)18/h7-9,14H,6H2,1-5H3. The molecule has 0 aliphatic carbocycles. The molecule has 7 nitrogen and oxygen atoms in total. The Labute approximate surface area is 125 Å². The molecule has 0 atom stereocenters. The summed E-state index contributed by atoms with van der Waals surface area (Å²) in [5.74, 6) is 0. The highest BCUT2D eigenvalue weighted by Crippen LogP contribution is 2.31. The molecule has 0 aliphatic rings. The zero-order valence-corrected chi connectivity index (χ0v) is 13.7. The molecule has 0 unspecified atom stereocenters. The van der Waals surface area contributed by atoms with E-state index in [1.165, 1.54) is 23.5 Å². The molecule has 1 aromatic rings. The maximum Gasteiger partial charge on any atom is 0.293 e. The van der Waals surface area contributed by atoms with E-state index in [9.17, 15) is 18.5 Å². The van der Waals surface area contributed by atoms with E-state index in [0.717, 1.165) is 6.07 Å². The Morgan fingerprint density at radius 3 is 2.38 bits per heavy atom. The van der Waals surface area contributed by atoms with Gasteiger partial charge in [0.1, 0.15) is 5.69 Å². The summed E-state index contributed by atoms with van der Waals surface area (Å²) in [6.45, 7) is 5.50. The maximum atomic E-state index is 12.6. The molecular weight excluding hydrogens is 294 g/mol. The summed E-state index contributed by atoms with van der Waals surface area (Å²) in [5, 5.41) is 13.7. The van der Waals surface area contributed by atoms with Crippen molar-refractivity contribution in [2.45, 2.75) is 37.6 Å². The SMILES string of the molecule is CCC(C)(C)N(C)S(=O)(=O)c1ccc(NC)c([N+](=O)[O-])c1. The van der Waals surface area contributed by atoms with Crippen LogP contribution in [0.25, 0.3) is 0 Å². The molecule has 0 aromatic heterocycles. The second-order valence-electron chi connectivity index (χ2n) is 5.32. The molecule has 0 bridgehead atoms. The summed E-state index contributed by atoms with van der Waals surface area (Å²) < 4.78 is 26.4. The second kappa shape index (κ2) is 5.98. The summed E-state index contributed by atoms with van der Waals surface area (Å²) >= 11 is 0. The largest absolute Gasteiger partial charge is 0.383 e. The van der Waals surface area contributed by atoms with Crippen LogP contribution in [0.1, 0.15) is 27.2 Å². The Morgan fingerprint density at radius 1 is 1.38 bits per heavy atom. The predicted molar refractivity (Wildman–Crippen MR) is 82.0 cm³/mol. The van der Waals surface area contributed by atoms with Crippen LogP contribution in [0.3, 0.4) is 0 Å². The normalized spacial score (nSPS) is 12.5. The highest BCUT2D eigenvalue weighted by Gasteiger charge is 2.33. The lowest BCUT2D eigenvalue weighted by Crippen LogP contribution is -2.44. The van der Waals surface area contributed by atoms with Crippen LogP contribution < -0.4 is 5.32 Å². The molecule has 1 rings (SSSR count). The van der Waals surface area contributed by atoms with Crippen molar-refractivity contribution >= 4 is 21.4 Å². The molecule has 21 heavy (non-hydrogen) atoms. The van der Waals surface area contributed by atoms with Crippen LogP contribution in [0.2, 0.25) is 0 Å². The molecule has 0 amide bonds. The van der Waals surface area contributed by atoms with E-state index >= 15 is 0 Å². The number of nitrogens with zero attached hydrogens (tertiary/aromatic N) is 2. The molecule has 118 valence electrons. The molecule has 0 saturated heterocycles. The van der Waals surface area contributed by atoms with Gasteiger partial charge in [0.05, 0.1) is 9.82 Å². The van der Waals surface area contributed by atoms with Gasteiger partial charge in [0, 0.05) is 25.7 Å². The number of hydrogen-bond donors (Lipinski definition) is 1. The van der Waals surface area contributed by atoms with Crippen molar-refractivity contribution in [3.63, 3.8) is 0 Å². The molecule has 0 aliphatic heterocycles. The molecule has 8 heteroatoms. The number of benzene rings is 1. The number of rotatable bonds is 6. The molecule has 0 fully saturated rings. The van der Waals surface area contributed by atoms with E-state index in [4.69, 9.17) is 0 Å². The van der Waals surface area contributed by atoms with Gasteiger partial charge in [-0.3, -0.25) is 10.1 Å². The second-order valence-corrected chi connectivity index (χ2v) is 7.29. The highest BCUT2D eigenvalue weighted by atomic mass is 32.2. The topological polar surface area (TPSA) is 92.6 Å². The van der Waals surface area contributed by atoms with Crippen LogP contribution in [-0.2, 0) is 10.0 Å². The van der Waals surface area contributed by atoms with Gasteiger partial charge in [-0.2, -0.15) is 4.31 Å². The van der Waals surface area contributed by atoms with Gasteiger partial charge in [-0.05, 0) is 32.4 Å². The number of nitrogens with one attached hydrogen (secondary N) is 1. The molecule has 1 N–H and O–H groups in total. The predicted octanol–water partition coefficient (Wildman–Crippen LogP) is 2.45. The quantitative estimate of drug-likeness (QED) is 0.643. The van der Waals surface area contributed by atoms with Crippen molar-refractivity contribution in [1.29, 1.82) is 0 Å². The minimum Gasteiger partial charge on any atom is -0.383 e. The van der Waals surface area contributed by atoms with Crippen LogP contribution in [0.15, 0.2) is 23.1 Å². The number of nitro groups is 1. The molecule has 0 radical (unpaired) electrons. The highest BCUT2D eigenvalue weighted by molar-refractivity contribution is 7.89. The van der Waals surface area contributed by atoms with E-state index in [-0.39, 0.29) is 16.3 Å². The Bertz CT molecular complexity index is 641. The van der Waals surface area contributed by atoms with Gasteiger partial charge >= 0.3 is 0 Å². The molecule has 0 spiro atoms. The van der Waals surface area contributed by atoms with Gasteiger partial charge in [-0.25, -0.2) is 8.42 Å². The average Bonchev–Trinajstić information content (AvgIpc) is 2.45. The lowest BCUT2D eigenvalue weighted by atomic mass is 10.0. The van der Waals surface area contributed by atoms with Gasteiger partial charge in [0.15, 0.2) is 0 Å². The molecule has 0 heterocycles. The Balaban J connectivity index is 3.40. The zero-order valence-electron chi connectivity index (χ0n) is 12.9. The number of nitro benzene ring substituents is 1. The van der Waals surface area contributed by atoms with Crippen molar-refractivity contribution in [2.75, 3.05) is 19.4 Å². The summed E-state index contributed by atoms with van der Waals surface area (Å²) in [6.07, 6.45) is 0.624. The Hall–Kier alpha value is -1.67. The van der Waals surface area contributed by atoms with Crippen LogP contribution >= 0.6 is 0 Å². The van der Waals surface area contributed by atoms with E-state index in [2.05, 4.69) is 5.32 Å². The lowest BCUT2D eigenvalue weighted by Gasteiger charge is -2.33. The van der Waals surface area contributed by atoms with E-state index in [0.29, 0.717) is 6.42 Å². The Morgan fingerprint density at radius 2 is 1.95 bits per heavy atom. The monoisotopic (exact) mass is 315 g/mol. The van der Waals surface area contributed by atoms with Crippen molar-refractivity contribution in [3.8, 4) is 0 Å². The fourth-order valence-corrected chi connectivity index (χ4v) is 3.34. The first-order valence-corrected chi connectivity index (χ1v) is 7.97. The summed E-state index contributed by atoms with van der Waals surface area (Å²) in [7, 11) is -0.761. The minimum atomic E-state index is -3.79. The van der Waals surface area contributed by atoms with Crippen LogP contribution in [0, 0.1) is 10.1 Å². The van der Waals surface area contributed by atoms with Crippen molar-refractivity contribution in [1.82, 2.24) is 4.31 Å². The fourth-order valence-electron chi connectivity index (χ4n) is 1.74. The third-order valence-corrected chi connectivity index (χ3v) is 5.88. The first-order chi connectivity index (χ1) is 9.57. The van der Waals surface area contributed by atoms with Crippen LogP contribution in [-0.4, -0.2) is 37.3 Å². The smallest absolute Gasteiger partial charge is 0.293 e. The average molecular weight is 315 g/mol. The molecule has 0 saturated carbocycles. The Kier molecular flexibility index (Phi) is 4.95. The van der Waals surface area contributed by atoms with Crippen molar-refractivity contribution in [3.05, 3.63) is 28.3 Å². The van der Waals surface area contributed by atoms with E-state index in [1.54, 1.807) is 20.9 Å². The van der Waals surface area contributed by atoms with E-state index in [1.807, 2.05) is 6.92 Å². The van der Waals surface area contributed by atoms with Gasteiger partial charge in [0.2, 0.25) is 10.0 Å². The summed E-state index contributed by atoms with van der Waals surface area (Å²) in [4.78, 5) is 10.4. The number of anilines is 1. The zero-order chi connectivity index (χ0) is 16.4. The first-order valence-electron chi connectivity index (χ1n) is 6.53. The van der Waals surface area contributed by atoms with Gasteiger partial charge < -0.3 is 5.32 Å². The number of hydrogen-bond acceptors (Lipinski definition) is 5.